The maximum absolute atomic E-state index is 11.8. The average Bonchev–Trinajstić information content (AvgIpc) is 2.43. The second-order valence-electron chi connectivity index (χ2n) is 5.45. The molecule has 0 heterocycles. The summed E-state index contributed by atoms with van der Waals surface area (Å²) in [6.07, 6.45) is 0.910. The lowest BCUT2D eigenvalue weighted by molar-refractivity contribution is -0.123. The van der Waals surface area contributed by atoms with Crippen LogP contribution in [0.2, 0.25) is 0 Å². The number of rotatable bonds is 8. The largest absolute Gasteiger partial charge is 0.483 e. The Hall–Kier alpha value is -1.07. The van der Waals surface area contributed by atoms with Crippen molar-refractivity contribution in [2.45, 2.75) is 52.7 Å². The molecule has 0 saturated heterocycles. The first-order chi connectivity index (χ1) is 9.92. The number of ether oxygens (including phenoxy) is 1. The minimum Gasteiger partial charge on any atom is -0.483 e. The summed E-state index contributed by atoms with van der Waals surface area (Å²) >= 11 is 3.46. The molecular formula is C16H25BrN2O2. The zero-order valence-electron chi connectivity index (χ0n) is 13.2. The zero-order valence-corrected chi connectivity index (χ0v) is 14.8. The lowest BCUT2D eigenvalue weighted by Gasteiger charge is -2.15. The van der Waals surface area contributed by atoms with E-state index < -0.39 is 0 Å². The molecule has 1 rings (SSSR count). The van der Waals surface area contributed by atoms with Gasteiger partial charge in [-0.3, -0.25) is 4.79 Å². The molecule has 118 valence electrons. The number of hydrogen-bond acceptors (Lipinski definition) is 3. The first-order valence-electron chi connectivity index (χ1n) is 7.36. The van der Waals surface area contributed by atoms with Gasteiger partial charge in [0.15, 0.2) is 6.61 Å². The molecule has 0 aliphatic carbocycles. The number of benzene rings is 1. The SMILES string of the molecule is CCC(C)NC(=O)COc1ccc(Br)cc1CNC(C)C. The molecule has 0 aliphatic heterocycles. The van der Waals surface area contributed by atoms with Crippen molar-refractivity contribution in [3.8, 4) is 5.75 Å². The third-order valence-corrected chi connectivity index (χ3v) is 3.60. The average molecular weight is 357 g/mol. The van der Waals surface area contributed by atoms with Crippen LogP contribution in [0.4, 0.5) is 0 Å². The molecule has 0 bridgehead atoms. The van der Waals surface area contributed by atoms with Gasteiger partial charge in [0.25, 0.3) is 5.91 Å². The Kier molecular flexibility index (Phi) is 7.75. The van der Waals surface area contributed by atoms with E-state index in [1.165, 1.54) is 0 Å². The molecule has 1 aromatic rings. The van der Waals surface area contributed by atoms with Crippen molar-refractivity contribution in [2.75, 3.05) is 6.61 Å². The molecule has 21 heavy (non-hydrogen) atoms. The molecule has 1 atom stereocenters. The Morgan fingerprint density at radius 1 is 1.33 bits per heavy atom. The molecule has 0 radical (unpaired) electrons. The Labute approximate surface area is 135 Å². The summed E-state index contributed by atoms with van der Waals surface area (Å²) in [5.41, 5.74) is 1.04. The number of amides is 1. The highest BCUT2D eigenvalue weighted by Gasteiger charge is 2.09. The Morgan fingerprint density at radius 3 is 2.67 bits per heavy atom. The molecule has 2 N–H and O–H groups in total. The standard InChI is InChI=1S/C16H25BrN2O2/c1-5-12(4)19-16(20)10-21-15-7-6-14(17)8-13(15)9-18-11(2)3/h6-8,11-12,18H,5,9-10H2,1-4H3,(H,19,20). The van der Waals surface area contributed by atoms with Gasteiger partial charge in [0.05, 0.1) is 0 Å². The molecule has 1 amide bonds. The summed E-state index contributed by atoms with van der Waals surface area (Å²) in [4.78, 5) is 11.8. The van der Waals surface area contributed by atoms with Crippen LogP contribution in [0.15, 0.2) is 22.7 Å². The van der Waals surface area contributed by atoms with Crippen LogP contribution in [0, 0.1) is 0 Å². The van der Waals surface area contributed by atoms with Crippen molar-refractivity contribution < 1.29 is 9.53 Å². The van der Waals surface area contributed by atoms with Crippen molar-refractivity contribution in [3.05, 3.63) is 28.2 Å². The first kappa shape index (κ1) is 18.0. The number of nitrogens with one attached hydrogen (secondary N) is 2. The maximum atomic E-state index is 11.8. The van der Waals surface area contributed by atoms with E-state index in [9.17, 15) is 4.79 Å². The summed E-state index contributed by atoms with van der Waals surface area (Å²) in [5.74, 6) is 0.653. The third kappa shape index (κ3) is 6.96. The smallest absolute Gasteiger partial charge is 0.258 e. The molecule has 4 nitrogen and oxygen atoms in total. The number of carbonyl (C=O) groups is 1. The minimum absolute atomic E-state index is 0.0423. The van der Waals surface area contributed by atoms with E-state index in [1.807, 2.05) is 32.0 Å². The van der Waals surface area contributed by atoms with E-state index in [-0.39, 0.29) is 18.6 Å². The van der Waals surface area contributed by atoms with Crippen LogP contribution in [0.3, 0.4) is 0 Å². The van der Waals surface area contributed by atoms with Gasteiger partial charge in [0.1, 0.15) is 5.75 Å². The zero-order chi connectivity index (χ0) is 15.8. The van der Waals surface area contributed by atoms with Crippen LogP contribution in [0.5, 0.6) is 5.75 Å². The molecule has 0 saturated carbocycles. The fourth-order valence-corrected chi connectivity index (χ4v) is 2.11. The van der Waals surface area contributed by atoms with Crippen molar-refractivity contribution in [3.63, 3.8) is 0 Å². The predicted molar refractivity (Wildman–Crippen MR) is 89.5 cm³/mol. The summed E-state index contributed by atoms with van der Waals surface area (Å²) in [6.45, 7) is 8.96. The maximum Gasteiger partial charge on any atom is 0.258 e. The number of hydrogen-bond donors (Lipinski definition) is 2. The van der Waals surface area contributed by atoms with Crippen LogP contribution < -0.4 is 15.4 Å². The van der Waals surface area contributed by atoms with Gasteiger partial charge in [-0.15, -0.1) is 0 Å². The van der Waals surface area contributed by atoms with E-state index in [0.29, 0.717) is 12.6 Å². The molecule has 5 heteroatoms. The van der Waals surface area contributed by atoms with Crippen LogP contribution in [0.25, 0.3) is 0 Å². The van der Waals surface area contributed by atoms with E-state index in [2.05, 4.69) is 40.4 Å². The Morgan fingerprint density at radius 2 is 2.05 bits per heavy atom. The second-order valence-corrected chi connectivity index (χ2v) is 6.37. The summed E-state index contributed by atoms with van der Waals surface area (Å²) in [7, 11) is 0. The lowest BCUT2D eigenvalue weighted by Crippen LogP contribution is -2.35. The highest BCUT2D eigenvalue weighted by molar-refractivity contribution is 9.10. The fraction of sp³-hybridized carbons (Fsp3) is 0.562. The van der Waals surface area contributed by atoms with Gasteiger partial charge in [0.2, 0.25) is 0 Å². The van der Waals surface area contributed by atoms with Gasteiger partial charge >= 0.3 is 0 Å². The minimum atomic E-state index is -0.0879. The van der Waals surface area contributed by atoms with Crippen LogP contribution in [-0.4, -0.2) is 24.6 Å². The predicted octanol–water partition coefficient (Wildman–Crippen LogP) is 3.24. The Bertz CT molecular complexity index is 464. The third-order valence-electron chi connectivity index (χ3n) is 3.10. The fourth-order valence-electron chi connectivity index (χ4n) is 1.70. The lowest BCUT2D eigenvalue weighted by atomic mass is 10.2. The summed E-state index contributed by atoms with van der Waals surface area (Å²) in [5, 5.41) is 6.25. The topological polar surface area (TPSA) is 50.4 Å². The number of halogens is 1. The van der Waals surface area contributed by atoms with Crippen molar-refractivity contribution in [1.82, 2.24) is 10.6 Å². The molecule has 0 aromatic heterocycles. The normalized spacial score (nSPS) is 12.3. The van der Waals surface area contributed by atoms with E-state index in [1.54, 1.807) is 0 Å². The highest BCUT2D eigenvalue weighted by atomic mass is 79.9. The van der Waals surface area contributed by atoms with Gasteiger partial charge in [0, 0.05) is 28.7 Å². The molecular weight excluding hydrogens is 332 g/mol. The Balaban J connectivity index is 2.63. The van der Waals surface area contributed by atoms with Crippen LogP contribution >= 0.6 is 15.9 Å². The quantitative estimate of drug-likeness (QED) is 0.751. The molecule has 1 aromatic carbocycles. The van der Waals surface area contributed by atoms with Crippen molar-refractivity contribution in [1.29, 1.82) is 0 Å². The molecule has 1 unspecified atom stereocenters. The summed E-state index contributed by atoms with van der Waals surface area (Å²) in [6, 6.07) is 6.38. The molecule has 0 aliphatic rings. The van der Waals surface area contributed by atoms with Gasteiger partial charge in [-0.25, -0.2) is 0 Å². The van der Waals surface area contributed by atoms with Crippen molar-refractivity contribution in [2.24, 2.45) is 0 Å². The monoisotopic (exact) mass is 356 g/mol. The van der Waals surface area contributed by atoms with E-state index in [0.717, 1.165) is 22.2 Å². The van der Waals surface area contributed by atoms with Gasteiger partial charge in [-0.1, -0.05) is 36.7 Å². The first-order valence-corrected chi connectivity index (χ1v) is 8.15. The second kappa shape index (κ2) is 9.05. The van der Waals surface area contributed by atoms with Crippen LogP contribution in [0.1, 0.15) is 39.7 Å². The van der Waals surface area contributed by atoms with E-state index in [4.69, 9.17) is 4.74 Å². The van der Waals surface area contributed by atoms with Gasteiger partial charge < -0.3 is 15.4 Å². The van der Waals surface area contributed by atoms with Gasteiger partial charge in [-0.2, -0.15) is 0 Å². The van der Waals surface area contributed by atoms with Crippen LogP contribution in [-0.2, 0) is 11.3 Å². The molecule has 0 spiro atoms. The van der Waals surface area contributed by atoms with Crippen molar-refractivity contribution >= 4 is 21.8 Å². The molecule has 0 fully saturated rings. The highest BCUT2D eigenvalue weighted by Crippen LogP contribution is 2.23. The number of carbonyl (C=O) groups excluding carboxylic acids is 1. The van der Waals surface area contributed by atoms with E-state index >= 15 is 0 Å². The van der Waals surface area contributed by atoms with Gasteiger partial charge in [-0.05, 0) is 31.5 Å². The summed E-state index contributed by atoms with van der Waals surface area (Å²) < 4.78 is 6.66.